The maximum absolute atomic E-state index is 9.27. The molecule has 0 aliphatic carbocycles. The minimum absolute atomic E-state index is 0.373. The topological polar surface area (TPSA) is 79.3 Å². The summed E-state index contributed by atoms with van der Waals surface area (Å²) < 4.78 is 8.65. The van der Waals surface area contributed by atoms with E-state index in [9.17, 15) is 5.11 Å². The number of aliphatic hydroxyl groups excluding tert-OH is 1. The van der Waals surface area contributed by atoms with Crippen molar-refractivity contribution >= 4 is 53.7 Å². The lowest BCUT2D eigenvalue weighted by atomic mass is 10.2. The van der Waals surface area contributed by atoms with Crippen molar-refractivity contribution in [2.45, 2.75) is 32.6 Å². The van der Waals surface area contributed by atoms with E-state index in [-0.39, 0.29) is 6.10 Å². The van der Waals surface area contributed by atoms with Crippen LogP contribution in [0.3, 0.4) is 0 Å². The smallest absolute Gasteiger partial charge is 0.0781 e. The summed E-state index contributed by atoms with van der Waals surface area (Å²) in [5.74, 6) is 0. The summed E-state index contributed by atoms with van der Waals surface area (Å²) in [5.41, 5.74) is 2.12. The van der Waals surface area contributed by atoms with E-state index >= 15 is 0 Å². The monoisotopic (exact) mass is 508 g/mol. The van der Waals surface area contributed by atoms with Gasteiger partial charge in [-0.25, -0.2) is 0 Å². The third-order valence-electron chi connectivity index (χ3n) is 3.94. The number of hydrogen-bond donors (Lipinski definition) is 2. The van der Waals surface area contributed by atoms with E-state index in [4.69, 9.17) is 4.74 Å². The van der Waals surface area contributed by atoms with Gasteiger partial charge in [-0.15, -0.1) is 0 Å². The minimum atomic E-state index is -0.373. The normalized spacial score (nSPS) is 16.1. The number of halogens is 2. The van der Waals surface area contributed by atoms with Crippen molar-refractivity contribution in [1.29, 1.82) is 0 Å². The molecule has 0 unspecified atom stereocenters. The largest absolute Gasteiger partial charge is 0.391 e. The molecule has 28 heavy (non-hydrogen) atoms. The van der Waals surface area contributed by atoms with Crippen molar-refractivity contribution in [1.82, 2.24) is 20.0 Å². The number of nitrogens with zero attached hydrogens (tertiary/aromatic N) is 3. The number of H-pyrrole nitrogens is 1. The molecule has 2 aromatic carbocycles. The van der Waals surface area contributed by atoms with Crippen LogP contribution >= 0.6 is 31.9 Å². The van der Waals surface area contributed by atoms with E-state index in [0.717, 1.165) is 37.4 Å². The molecule has 0 radical (unpaired) electrons. The molecular weight excluding hydrogens is 488 g/mol. The maximum Gasteiger partial charge on any atom is 0.0781 e. The highest BCUT2D eigenvalue weighted by Gasteiger charge is 2.13. The molecule has 6 nitrogen and oxygen atoms in total. The fraction of sp³-hybridized carbons (Fsp3) is 0.300. The molecule has 1 saturated heterocycles. The molecule has 1 aliphatic rings. The van der Waals surface area contributed by atoms with Crippen molar-refractivity contribution < 1.29 is 9.84 Å². The molecular formula is C20H22Br2N4O2. The molecule has 3 heterocycles. The number of benzene rings is 2. The molecule has 1 fully saturated rings. The van der Waals surface area contributed by atoms with Gasteiger partial charge in [0, 0.05) is 19.7 Å². The lowest BCUT2D eigenvalue weighted by molar-refractivity contribution is 0.170. The quantitative estimate of drug-likeness (QED) is 0.376. The van der Waals surface area contributed by atoms with E-state index < -0.39 is 0 Å². The maximum atomic E-state index is 9.27. The Morgan fingerprint density at radius 3 is 2.46 bits per heavy atom. The fourth-order valence-electron chi connectivity index (χ4n) is 2.46. The molecule has 0 amide bonds. The Kier molecular flexibility index (Phi) is 7.23. The van der Waals surface area contributed by atoms with Gasteiger partial charge < -0.3 is 9.84 Å². The van der Waals surface area contributed by atoms with E-state index in [1.807, 2.05) is 47.3 Å². The second-order valence-corrected chi connectivity index (χ2v) is 8.46. The first-order chi connectivity index (χ1) is 13.4. The van der Waals surface area contributed by atoms with Crippen LogP contribution in [0, 0.1) is 0 Å². The molecule has 2 atom stereocenters. The van der Waals surface area contributed by atoms with E-state index in [2.05, 4.69) is 54.1 Å². The summed E-state index contributed by atoms with van der Waals surface area (Å²) in [6, 6.07) is 12.0. The minimum Gasteiger partial charge on any atom is -0.391 e. The first-order valence-corrected chi connectivity index (χ1v) is 10.5. The molecule has 148 valence electrons. The zero-order valence-corrected chi connectivity index (χ0v) is 18.8. The van der Waals surface area contributed by atoms with Crippen LogP contribution in [0.25, 0.3) is 21.8 Å². The Morgan fingerprint density at radius 1 is 1.18 bits per heavy atom. The van der Waals surface area contributed by atoms with Gasteiger partial charge in [0.15, 0.2) is 0 Å². The zero-order valence-electron chi connectivity index (χ0n) is 15.6. The van der Waals surface area contributed by atoms with Crippen molar-refractivity contribution in [3.63, 3.8) is 0 Å². The van der Waals surface area contributed by atoms with E-state index in [1.165, 1.54) is 0 Å². The summed E-state index contributed by atoms with van der Waals surface area (Å²) in [6.45, 7) is 5.33. The van der Waals surface area contributed by atoms with Crippen molar-refractivity contribution in [2.75, 3.05) is 6.61 Å². The van der Waals surface area contributed by atoms with Crippen LogP contribution in [0.15, 0.2) is 57.7 Å². The molecule has 8 heteroatoms. The summed E-state index contributed by atoms with van der Waals surface area (Å²) in [6.07, 6.45) is 3.82. The fourth-order valence-corrected chi connectivity index (χ4v) is 3.22. The Bertz CT molecular complexity index is 1040. The molecule has 0 spiro atoms. The van der Waals surface area contributed by atoms with Gasteiger partial charge in [0.1, 0.15) is 0 Å². The number of ether oxygens (including phenoxy) is 1. The highest BCUT2D eigenvalue weighted by atomic mass is 79.9. The molecule has 1 aliphatic heterocycles. The Balaban J connectivity index is 0.000000139. The number of aliphatic hydroxyl groups is 1. The van der Waals surface area contributed by atoms with Crippen molar-refractivity contribution in [3.8, 4) is 0 Å². The highest BCUT2D eigenvalue weighted by Crippen LogP contribution is 2.19. The Morgan fingerprint density at radius 2 is 1.82 bits per heavy atom. The van der Waals surface area contributed by atoms with E-state index in [1.54, 1.807) is 13.1 Å². The second kappa shape index (κ2) is 9.65. The number of hydrogen-bond acceptors (Lipinski definition) is 4. The van der Waals surface area contributed by atoms with Gasteiger partial charge in [-0.1, -0.05) is 31.9 Å². The number of rotatable bonds is 2. The molecule has 2 aromatic heterocycles. The third-order valence-corrected chi connectivity index (χ3v) is 4.93. The number of fused-ring (bicyclic) bond motifs is 2. The predicted octanol–water partition coefficient (Wildman–Crippen LogP) is 4.91. The van der Waals surface area contributed by atoms with Crippen molar-refractivity contribution in [3.05, 3.63) is 57.7 Å². The standard InChI is InChI=1S/C10H11BrN2O.C7H5BrN2.C3H6O/c1-7(14)6-13-10-3-2-9(11)4-8(10)5-12-13;8-6-1-2-7-5(3-6)4-9-10-7;1-3-2-4-3/h2-5,7,14H,6H2,1H3;1-4H,(H,9,10);3H,2H2,1H3/t7-;;3-/m1.1/s1. The highest BCUT2D eigenvalue weighted by molar-refractivity contribution is 9.10. The summed E-state index contributed by atoms with van der Waals surface area (Å²) in [4.78, 5) is 0. The van der Waals surface area contributed by atoms with Gasteiger partial charge in [0.05, 0.1) is 48.8 Å². The van der Waals surface area contributed by atoms with Gasteiger partial charge >= 0.3 is 0 Å². The second-order valence-electron chi connectivity index (χ2n) is 6.62. The molecule has 5 rings (SSSR count). The van der Waals surface area contributed by atoms with Crippen LogP contribution in [0.5, 0.6) is 0 Å². The predicted molar refractivity (Wildman–Crippen MR) is 118 cm³/mol. The number of aromatic amines is 1. The molecule has 0 saturated carbocycles. The molecule has 4 aromatic rings. The first-order valence-electron chi connectivity index (χ1n) is 8.91. The number of aromatic nitrogens is 4. The van der Waals surface area contributed by atoms with Crippen LogP contribution in [-0.4, -0.2) is 43.9 Å². The zero-order chi connectivity index (χ0) is 20.1. The average Bonchev–Trinajstić information content (AvgIpc) is 3.14. The average molecular weight is 510 g/mol. The van der Waals surface area contributed by atoms with Gasteiger partial charge in [-0.2, -0.15) is 10.2 Å². The lowest BCUT2D eigenvalue weighted by Gasteiger charge is -2.05. The molecule has 2 N–H and O–H groups in total. The summed E-state index contributed by atoms with van der Waals surface area (Å²) in [7, 11) is 0. The van der Waals surface area contributed by atoms with Crippen molar-refractivity contribution in [2.24, 2.45) is 0 Å². The Labute approximate surface area is 180 Å². The first kappa shape index (κ1) is 21.0. The Hall–Kier alpha value is -1.74. The third kappa shape index (κ3) is 6.13. The van der Waals surface area contributed by atoms with Crippen LogP contribution in [0.1, 0.15) is 13.8 Å². The number of epoxide rings is 1. The molecule has 0 bridgehead atoms. The van der Waals surface area contributed by atoms with Crippen LogP contribution in [-0.2, 0) is 11.3 Å². The van der Waals surface area contributed by atoms with Crippen LogP contribution in [0.4, 0.5) is 0 Å². The summed E-state index contributed by atoms with van der Waals surface area (Å²) in [5, 5.41) is 22.5. The lowest BCUT2D eigenvalue weighted by Crippen LogP contribution is -2.12. The van der Waals surface area contributed by atoms with Gasteiger partial charge in [-0.05, 0) is 50.2 Å². The van der Waals surface area contributed by atoms with Gasteiger partial charge in [0.2, 0.25) is 0 Å². The van der Waals surface area contributed by atoms with Crippen LogP contribution < -0.4 is 0 Å². The van der Waals surface area contributed by atoms with Crippen LogP contribution in [0.2, 0.25) is 0 Å². The summed E-state index contributed by atoms with van der Waals surface area (Å²) >= 11 is 6.78. The van der Waals surface area contributed by atoms with Gasteiger partial charge in [-0.3, -0.25) is 9.78 Å². The van der Waals surface area contributed by atoms with E-state index in [0.29, 0.717) is 12.6 Å². The number of nitrogens with one attached hydrogen (secondary N) is 1. The SMILES string of the molecule is Brc1ccc2[nH]ncc2c1.C[C@@H](O)Cn1ncc2cc(Br)ccc21.C[C@@H]1CO1. The van der Waals surface area contributed by atoms with Gasteiger partial charge in [0.25, 0.3) is 0 Å².